The van der Waals surface area contributed by atoms with Crippen LogP contribution in [0.15, 0.2) is 60.7 Å². The van der Waals surface area contributed by atoms with Crippen molar-refractivity contribution in [1.29, 1.82) is 0 Å². The summed E-state index contributed by atoms with van der Waals surface area (Å²) in [6, 6.07) is 16.4. The van der Waals surface area contributed by atoms with Gasteiger partial charge in [-0.3, -0.25) is 9.59 Å². The quantitative estimate of drug-likeness (QED) is 0.723. The van der Waals surface area contributed by atoms with Crippen molar-refractivity contribution in [1.82, 2.24) is 0 Å². The maximum Gasteiger partial charge on any atom is 0.271 e. The summed E-state index contributed by atoms with van der Waals surface area (Å²) in [6.07, 6.45) is 0. The third-order valence-electron chi connectivity index (χ3n) is 2.91. The zero-order chi connectivity index (χ0) is 14.6. The summed E-state index contributed by atoms with van der Waals surface area (Å²) in [5, 5.41) is 12.9. The van der Waals surface area contributed by atoms with E-state index in [1.54, 1.807) is 48.5 Å². The van der Waals surface area contributed by atoms with Crippen LogP contribution in [0.4, 0.5) is 5.69 Å². The molecule has 0 aliphatic heterocycles. The molecule has 2 aromatic carbocycles. The summed E-state index contributed by atoms with van der Waals surface area (Å²) in [5.41, 5.74) is 3.39. The standard InChI is InChI=1S/C15H14N2O3/c16-13(18)15(20,11-7-3-1-4-8-11)14(19)17-12-9-5-2-6-10-12/h1-10,20H,(H2,16,18)(H,17,19). The molecule has 0 aliphatic rings. The van der Waals surface area contributed by atoms with Crippen molar-refractivity contribution >= 4 is 17.5 Å². The van der Waals surface area contributed by atoms with Gasteiger partial charge in [0.05, 0.1) is 0 Å². The molecule has 0 aromatic heterocycles. The van der Waals surface area contributed by atoms with Gasteiger partial charge in [0.15, 0.2) is 0 Å². The third kappa shape index (κ3) is 2.53. The Labute approximate surface area is 116 Å². The highest BCUT2D eigenvalue weighted by molar-refractivity contribution is 6.13. The van der Waals surface area contributed by atoms with Crippen LogP contribution in [-0.4, -0.2) is 16.9 Å². The second-order valence-electron chi connectivity index (χ2n) is 4.26. The van der Waals surface area contributed by atoms with Crippen LogP contribution in [-0.2, 0) is 15.2 Å². The summed E-state index contributed by atoms with van der Waals surface area (Å²) in [7, 11) is 0. The molecule has 2 rings (SSSR count). The third-order valence-corrected chi connectivity index (χ3v) is 2.91. The number of hydrogen-bond donors (Lipinski definition) is 3. The number of aliphatic hydroxyl groups is 1. The molecule has 0 bridgehead atoms. The monoisotopic (exact) mass is 270 g/mol. The van der Waals surface area contributed by atoms with E-state index in [9.17, 15) is 14.7 Å². The van der Waals surface area contributed by atoms with Gasteiger partial charge in [-0.2, -0.15) is 0 Å². The number of rotatable bonds is 4. The fourth-order valence-corrected chi connectivity index (χ4v) is 1.81. The summed E-state index contributed by atoms with van der Waals surface area (Å²) in [6.45, 7) is 0. The SMILES string of the molecule is NC(=O)C(O)(C(=O)Nc1ccccc1)c1ccccc1. The van der Waals surface area contributed by atoms with Crippen molar-refractivity contribution in [2.75, 3.05) is 5.32 Å². The highest BCUT2D eigenvalue weighted by Crippen LogP contribution is 2.23. The zero-order valence-corrected chi connectivity index (χ0v) is 10.6. The number of para-hydroxylation sites is 1. The smallest absolute Gasteiger partial charge is 0.271 e. The molecule has 1 unspecified atom stereocenters. The van der Waals surface area contributed by atoms with E-state index in [0.29, 0.717) is 5.69 Å². The Morgan fingerprint density at radius 2 is 1.45 bits per heavy atom. The van der Waals surface area contributed by atoms with Gasteiger partial charge in [0, 0.05) is 11.3 Å². The number of anilines is 1. The Kier molecular flexibility index (Phi) is 3.81. The molecule has 0 radical (unpaired) electrons. The Morgan fingerprint density at radius 1 is 0.950 bits per heavy atom. The van der Waals surface area contributed by atoms with Crippen molar-refractivity contribution in [3.63, 3.8) is 0 Å². The van der Waals surface area contributed by atoms with Crippen LogP contribution in [0.1, 0.15) is 5.56 Å². The van der Waals surface area contributed by atoms with E-state index in [1.165, 1.54) is 12.1 Å². The normalized spacial score (nSPS) is 13.2. The van der Waals surface area contributed by atoms with E-state index in [4.69, 9.17) is 5.73 Å². The lowest BCUT2D eigenvalue weighted by molar-refractivity contribution is -0.149. The number of hydrogen-bond acceptors (Lipinski definition) is 3. The van der Waals surface area contributed by atoms with E-state index < -0.39 is 17.4 Å². The molecular formula is C15H14N2O3. The zero-order valence-electron chi connectivity index (χ0n) is 10.6. The second-order valence-corrected chi connectivity index (χ2v) is 4.26. The Bertz CT molecular complexity index is 614. The molecule has 0 aliphatic carbocycles. The predicted molar refractivity (Wildman–Crippen MR) is 74.6 cm³/mol. The molecule has 5 nitrogen and oxygen atoms in total. The molecule has 0 fully saturated rings. The lowest BCUT2D eigenvalue weighted by Crippen LogP contribution is -2.50. The fraction of sp³-hybridized carbons (Fsp3) is 0.0667. The summed E-state index contributed by atoms with van der Waals surface area (Å²) in [5.74, 6) is -2.01. The minimum atomic E-state index is -2.41. The van der Waals surface area contributed by atoms with Gasteiger partial charge in [-0.05, 0) is 12.1 Å². The van der Waals surface area contributed by atoms with Crippen LogP contribution in [0.5, 0.6) is 0 Å². The minimum Gasteiger partial charge on any atom is -0.368 e. The number of carbonyl (C=O) groups excluding carboxylic acids is 2. The molecule has 5 heteroatoms. The molecule has 0 spiro atoms. The highest BCUT2D eigenvalue weighted by atomic mass is 16.3. The number of primary amides is 1. The van der Waals surface area contributed by atoms with Gasteiger partial charge in [-0.15, -0.1) is 0 Å². The number of nitrogens with two attached hydrogens (primary N) is 1. The summed E-state index contributed by atoms with van der Waals surface area (Å²) in [4.78, 5) is 23.8. The van der Waals surface area contributed by atoms with Crippen LogP contribution in [0.25, 0.3) is 0 Å². The Morgan fingerprint density at radius 3 is 1.95 bits per heavy atom. The van der Waals surface area contributed by atoms with Crippen molar-refractivity contribution in [3.05, 3.63) is 66.2 Å². The molecule has 4 N–H and O–H groups in total. The number of carbonyl (C=O) groups is 2. The first-order valence-electron chi connectivity index (χ1n) is 5.99. The Balaban J connectivity index is 2.34. The van der Waals surface area contributed by atoms with Crippen LogP contribution >= 0.6 is 0 Å². The molecule has 102 valence electrons. The summed E-state index contributed by atoms with van der Waals surface area (Å²) < 4.78 is 0. The maximum atomic E-state index is 12.2. The number of nitrogens with one attached hydrogen (secondary N) is 1. The van der Waals surface area contributed by atoms with E-state index in [0.717, 1.165) is 0 Å². The van der Waals surface area contributed by atoms with Crippen molar-refractivity contribution < 1.29 is 14.7 Å². The minimum absolute atomic E-state index is 0.126. The average molecular weight is 270 g/mol. The van der Waals surface area contributed by atoms with Crippen molar-refractivity contribution in [3.8, 4) is 0 Å². The van der Waals surface area contributed by atoms with Gasteiger partial charge in [-0.25, -0.2) is 0 Å². The van der Waals surface area contributed by atoms with Gasteiger partial charge < -0.3 is 16.2 Å². The molecular weight excluding hydrogens is 256 g/mol. The predicted octanol–water partition coefficient (Wildman–Crippen LogP) is 0.998. The molecule has 2 aromatic rings. The molecule has 0 heterocycles. The number of amides is 2. The van der Waals surface area contributed by atoms with Gasteiger partial charge in [0.1, 0.15) is 0 Å². The van der Waals surface area contributed by atoms with Gasteiger partial charge >= 0.3 is 0 Å². The largest absolute Gasteiger partial charge is 0.368 e. The van der Waals surface area contributed by atoms with E-state index >= 15 is 0 Å². The molecule has 0 saturated carbocycles. The van der Waals surface area contributed by atoms with Crippen molar-refractivity contribution in [2.24, 2.45) is 5.73 Å². The van der Waals surface area contributed by atoms with Gasteiger partial charge in [0.2, 0.25) is 5.60 Å². The van der Waals surface area contributed by atoms with Crippen LogP contribution in [0.3, 0.4) is 0 Å². The van der Waals surface area contributed by atoms with Crippen LogP contribution < -0.4 is 11.1 Å². The first kappa shape index (κ1) is 13.8. The first-order chi connectivity index (χ1) is 9.55. The van der Waals surface area contributed by atoms with Gasteiger partial charge in [0.25, 0.3) is 11.8 Å². The van der Waals surface area contributed by atoms with E-state index in [1.807, 2.05) is 0 Å². The molecule has 2 amide bonds. The molecule has 1 atom stereocenters. The second kappa shape index (κ2) is 5.54. The highest BCUT2D eigenvalue weighted by Gasteiger charge is 2.44. The van der Waals surface area contributed by atoms with Crippen LogP contribution in [0, 0.1) is 0 Å². The topological polar surface area (TPSA) is 92.4 Å². The first-order valence-corrected chi connectivity index (χ1v) is 5.99. The van der Waals surface area contributed by atoms with Gasteiger partial charge in [-0.1, -0.05) is 48.5 Å². The summed E-state index contributed by atoms with van der Waals surface area (Å²) >= 11 is 0. The van der Waals surface area contributed by atoms with Crippen molar-refractivity contribution in [2.45, 2.75) is 5.60 Å². The van der Waals surface area contributed by atoms with E-state index in [-0.39, 0.29) is 5.56 Å². The molecule has 20 heavy (non-hydrogen) atoms. The van der Waals surface area contributed by atoms with Crippen LogP contribution in [0.2, 0.25) is 0 Å². The Hall–Kier alpha value is -2.66. The fourth-order valence-electron chi connectivity index (χ4n) is 1.81. The van der Waals surface area contributed by atoms with E-state index in [2.05, 4.69) is 5.32 Å². The molecule has 0 saturated heterocycles. The lowest BCUT2D eigenvalue weighted by Gasteiger charge is -2.23. The number of benzene rings is 2. The maximum absolute atomic E-state index is 12.2. The lowest BCUT2D eigenvalue weighted by atomic mass is 9.92. The average Bonchev–Trinajstić information content (AvgIpc) is 2.48.